The minimum Gasteiger partial charge on any atom is -0.272 e. The van der Waals surface area contributed by atoms with Gasteiger partial charge in [0.05, 0.1) is 23.0 Å². The minimum absolute atomic E-state index is 0.0538. The van der Waals surface area contributed by atoms with Crippen LogP contribution in [0, 0.1) is 6.92 Å². The Morgan fingerprint density at radius 1 is 1.24 bits per heavy atom. The van der Waals surface area contributed by atoms with Crippen LogP contribution < -0.4 is 11.0 Å². The van der Waals surface area contributed by atoms with Crippen molar-refractivity contribution in [3.05, 3.63) is 73.0 Å². The van der Waals surface area contributed by atoms with E-state index < -0.39 is 0 Å². The number of rotatable bonds is 6. The van der Waals surface area contributed by atoms with Gasteiger partial charge in [-0.3, -0.25) is 14.2 Å². The van der Waals surface area contributed by atoms with Crippen LogP contribution in [0.2, 0.25) is 0 Å². The number of aromatic nitrogens is 2. The van der Waals surface area contributed by atoms with Crippen LogP contribution in [0.15, 0.2) is 56.8 Å². The average molecular weight is 495 g/mol. The van der Waals surface area contributed by atoms with Gasteiger partial charge in [0.2, 0.25) is 0 Å². The van der Waals surface area contributed by atoms with E-state index >= 15 is 0 Å². The zero-order chi connectivity index (χ0) is 22.8. The maximum atomic E-state index is 13.7. The number of thioether (sulfide) groups is 1. The molecular weight excluding hydrogens is 472 g/mol. The van der Waals surface area contributed by atoms with Gasteiger partial charge in [0.15, 0.2) is 5.16 Å². The average Bonchev–Trinajstić information content (AvgIpc) is 3.46. The first-order valence-corrected chi connectivity index (χ1v) is 13.4. The predicted octanol–water partition coefficient (Wildman–Crippen LogP) is 4.94. The summed E-state index contributed by atoms with van der Waals surface area (Å²) >= 11 is 4.42. The van der Waals surface area contributed by atoms with Gasteiger partial charge < -0.3 is 0 Å². The van der Waals surface area contributed by atoms with E-state index in [1.54, 1.807) is 33.5 Å². The first kappa shape index (κ1) is 22.1. The third kappa shape index (κ3) is 4.66. The number of hydrogen-bond donors (Lipinski definition) is 1. The number of aryl methyl sites for hydroxylation is 3. The Hall–Kier alpha value is -2.75. The molecule has 3 heterocycles. The highest BCUT2D eigenvalue weighted by Gasteiger charge is 2.23. The number of nitrogens with zero attached hydrogens (tertiary/aromatic N) is 3. The first-order valence-electron chi connectivity index (χ1n) is 10.7. The molecule has 168 valence electrons. The van der Waals surface area contributed by atoms with E-state index in [1.165, 1.54) is 16.6 Å². The minimum atomic E-state index is -0.247. The molecule has 0 fully saturated rings. The first-order chi connectivity index (χ1) is 16.1. The summed E-state index contributed by atoms with van der Waals surface area (Å²) in [5.41, 5.74) is 5.54. The van der Waals surface area contributed by atoms with Crippen LogP contribution in [-0.4, -0.2) is 27.4 Å². The Kier molecular flexibility index (Phi) is 6.43. The fourth-order valence-corrected chi connectivity index (χ4v) is 6.59. The highest BCUT2D eigenvalue weighted by Crippen LogP contribution is 2.35. The standard InChI is InChI=1S/C24H22N4O2S3/c1-15-8-10-16(11-9-15)28-23(30)21-18-6-2-3-7-19(18)33-22(21)26-24(28)32-14-20(29)27-25-13-17-5-4-12-31-17/h4-5,8-13H,2-3,6-7,14H2,1H3,(H,27,29)/b25-13+. The number of fused-ring (bicyclic) bond motifs is 3. The molecule has 0 atom stereocenters. The quantitative estimate of drug-likeness (QED) is 0.178. The fraction of sp³-hybridized carbons (Fsp3) is 0.250. The lowest BCUT2D eigenvalue weighted by Crippen LogP contribution is -2.24. The van der Waals surface area contributed by atoms with Crippen molar-refractivity contribution in [3.8, 4) is 5.69 Å². The van der Waals surface area contributed by atoms with E-state index in [9.17, 15) is 9.59 Å². The molecule has 6 nitrogen and oxygen atoms in total. The van der Waals surface area contributed by atoms with Crippen molar-refractivity contribution in [2.24, 2.45) is 5.10 Å². The highest BCUT2D eigenvalue weighted by atomic mass is 32.2. The summed E-state index contributed by atoms with van der Waals surface area (Å²) in [6, 6.07) is 11.7. The third-order valence-corrected chi connectivity index (χ3v) is 8.44. The van der Waals surface area contributed by atoms with Crippen molar-refractivity contribution in [1.82, 2.24) is 15.0 Å². The molecule has 0 saturated heterocycles. The number of hydrogen-bond acceptors (Lipinski definition) is 7. The number of carbonyl (C=O) groups is 1. The number of benzene rings is 1. The zero-order valence-corrected chi connectivity index (χ0v) is 20.5. The van der Waals surface area contributed by atoms with Gasteiger partial charge in [-0.15, -0.1) is 22.7 Å². The molecule has 0 unspecified atom stereocenters. The van der Waals surface area contributed by atoms with Gasteiger partial charge >= 0.3 is 0 Å². The summed E-state index contributed by atoms with van der Waals surface area (Å²) < 4.78 is 1.65. The zero-order valence-electron chi connectivity index (χ0n) is 18.0. The van der Waals surface area contributed by atoms with Crippen LogP contribution in [0.3, 0.4) is 0 Å². The van der Waals surface area contributed by atoms with E-state index in [2.05, 4.69) is 10.5 Å². The molecule has 5 rings (SSSR count). The van der Waals surface area contributed by atoms with Crippen molar-refractivity contribution in [2.75, 3.05) is 5.75 Å². The van der Waals surface area contributed by atoms with E-state index in [0.717, 1.165) is 57.6 Å². The van der Waals surface area contributed by atoms with Gasteiger partial charge in [-0.2, -0.15) is 5.10 Å². The van der Waals surface area contributed by atoms with Gasteiger partial charge in [0.25, 0.3) is 11.5 Å². The summed E-state index contributed by atoms with van der Waals surface area (Å²) in [4.78, 5) is 34.0. The molecule has 0 bridgehead atoms. The second-order valence-corrected chi connectivity index (χ2v) is 10.9. The monoisotopic (exact) mass is 494 g/mol. The molecule has 9 heteroatoms. The molecule has 0 spiro atoms. The number of carbonyl (C=O) groups excluding carboxylic acids is 1. The number of amides is 1. The maximum absolute atomic E-state index is 13.7. The van der Waals surface area contributed by atoms with Gasteiger partial charge in [-0.25, -0.2) is 10.4 Å². The largest absolute Gasteiger partial charge is 0.272 e. The van der Waals surface area contributed by atoms with Gasteiger partial charge in [-0.1, -0.05) is 35.5 Å². The molecule has 0 saturated carbocycles. The van der Waals surface area contributed by atoms with Crippen molar-refractivity contribution in [2.45, 2.75) is 37.8 Å². The van der Waals surface area contributed by atoms with E-state index in [0.29, 0.717) is 5.16 Å². The predicted molar refractivity (Wildman–Crippen MR) is 137 cm³/mol. The van der Waals surface area contributed by atoms with Crippen molar-refractivity contribution in [3.63, 3.8) is 0 Å². The molecule has 3 aromatic heterocycles. The van der Waals surface area contributed by atoms with Crippen LogP contribution in [-0.2, 0) is 17.6 Å². The Labute approximate surface area is 203 Å². The van der Waals surface area contributed by atoms with Crippen LogP contribution in [0.5, 0.6) is 0 Å². The molecular formula is C24H22N4O2S3. The van der Waals surface area contributed by atoms with Crippen LogP contribution >= 0.6 is 34.4 Å². The number of thiophene rings is 2. The Morgan fingerprint density at radius 3 is 2.85 bits per heavy atom. The normalized spacial score (nSPS) is 13.5. The molecule has 0 radical (unpaired) electrons. The van der Waals surface area contributed by atoms with E-state index in [-0.39, 0.29) is 17.2 Å². The lowest BCUT2D eigenvalue weighted by atomic mass is 9.97. The van der Waals surface area contributed by atoms with Crippen molar-refractivity contribution < 1.29 is 4.79 Å². The number of hydrazone groups is 1. The van der Waals surface area contributed by atoms with Crippen LogP contribution in [0.4, 0.5) is 0 Å². The maximum Gasteiger partial charge on any atom is 0.267 e. The SMILES string of the molecule is Cc1ccc(-n2c(SCC(=O)N/N=C/c3cccs3)nc3sc4c(c3c2=O)CCCC4)cc1. The molecule has 1 aliphatic rings. The van der Waals surface area contributed by atoms with Gasteiger partial charge in [0.1, 0.15) is 4.83 Å². The molecule has 1 N–H and O–H groups in total. The highest BCUT2D eigenvalue weighted by molar-refractivity contribution is 7.99. The molecule has 33 heavy (non-hydrogen) atoms. The lowest BCUT2D eigenvalue weighted by Gasteiger charge is -2.13. The topological polar surface area (TPSA) is 76.3 Å². The molecule has 0 aliphatic heterocycles. The van der Waals surface area contributed by atoms with Crippen LogP contribution in [0.1, 0.15) is 33.7 Å². The smallest absolute Gasteiger partial charge is 0.267 e. The van der Waals surface area contributed by atoms with Crippen molar-refractivity contribution >= 4 is 56.8 Å². The summed E-state index contributed by atoms with van der Waals surface area (Å²) in [6.45, 7) is 2.01. The molecule has 1 aliphatic carbocycles. The number of nitrogens with one attached hydrogen (secondary N) is 1. The van der Waals surface area contributed by atoms with Gasteiger partial charge in [0, 0.05) is 9.75 Å². The second kappa shape index (κ2) is 9.62. The Bertz CT molecular complexity index is 1390. The summed E-state index contributed by atoms with van der Waals surface area (Å²) in [6.07, 6.45) is 5.81. The lowest BCUT2D eigenvalue weighted by molar-refractivity contribution is -0.118. The van der Waals surface area contributed by atoms with Gasteiger partial charge in [-0.05, 0) is 61.7 Å². The molecule has 1 amide bonds. The Balaban J connectivity index is 1.47. The Morgan fingerprint density at radius 2 is 2.06 bits per heavy atom. The van der Waals surface area contributed by atoms with E-state index in [1.807, 2.05) is 48.7 Å². The fourth-order valence-electron chi connectivity index (χ4n) is 3.90. The van der Waals surface area contributed by atoms with E-state index in [4.69, 9.17) is 4.98 Å². The van der Waals surface area contributed by atoms with Crippen LogP contribution in [0.25, 0.3) is 15.9 Å². The summed E-state index contributed by atoms with van der Waals surface area (Å²) in [5.74, 6) is -0.139. The summed E-state index contributed by atoms with van der Waals surface area (Å²) in [7, 11) is 0. The van der Waals surface area contributed by atoms with Crippen molar-refractivity contribution in [1.29, 1.82) is 0 Å². The second-order valence-electron chi connectivity index (χ2n) is 7.86. The summed E-state index contributed by atoms with van der Waals surface area (Å²) in [5, 5.41) is 7.23. The third-order valence-electron chi connectivity index (χ3n) is 5.51. The molecule has 1 aromatic carbocycles. The molecule has 4 aromatic rings.